The van der Waals surface area contributed by atoms with Gasteiger partial charge in [0.25, 0.3) is 0 Å². The van der Waals surface area contributed by atoms with Crippen molar-refractivity contribution in [1.82, 2.24) is 0 Å². The molecule has 0 aliphatic heterocycles. The molecule has 2 rings (SSSR count). The van der Waals surface area contributed by atoms with Gasteiger partial charge in [0, 0.05) is 12.0 Å². The molecule has 1 fully saturated rings. The van der Waals surface area contributed by atoms with Crippen LogP contribution in [0, 0.1) is 11.6 Å². The molecule has 1 N–H and O–H groups in total. The van der Waals surface area contributed by atoms with Crippen molar-refractivity contribution in [3.8, 4) is 0 Å². The predicted octanol–water partition coefficient (Wildman–Crippen LogP) is 2.59. The summed E-state index contributed by atoms with van der Waals surface area (Å²) in [7, 11) is 0. The van der Waals surface area contributed by atoms with Gasteiger partial charge in [0.05, 0.1) is 6.10 Å². The van der Waals surface area contributed by atoms with E-state index in [1.165, 1.54) is 12.1 Å². The van der Waals surface area contributed by atoms with Crippen molar-refractivity contribution >= 4 is 0 Å². The molecule has 0 radical (unpaired) electrons. The van der Waals surface area contributed by atoms with Crippen molar-refractivity contribution in [2.24, 2.45) is 0 Å². The number of halogens is 2. The maximum absolute atomic E-state index is 12.9. The molecule has 76 valence electrons. The molecule has 0 saturated heterocycles. The molecule has 1 aliphatic rings. The molecule has 0 aromatic heterocycles. The van der Waals surface area contributed by atoms with Gasteiger partial charge in [-0.3, -0.25) is 0 Å². The van der Waals surface area contributed by atoms with E-state index in [4.69, 9.17) is 0 Å². The van der Waals surface area contributed by atoms with Gasteiger partial charge in [0.2, 0.25) is 0 Å². The largest absolute Gasteiger partial charge is 0.392 e. The van der Waals surface area contributed by atoms with E-state index in [-0.39, 0.29) is 5.92 Å². The Bertz CT molecular complexity index is 318. The van der Waals surface area contributed by atoms with Crippen LogP contribution in [0.15, 0.2) is 18.2 Å². The molecule has 1 aliphatic carbocycles. The van der Waals surface area contributed by atoms with Gasteiger partial charge in [-0.25, -0.2) is 8.78 Å². The molecule has 1 saturated carbocycles. The lowest BCUT2D eigenvalue weighted by Gasteiger charge is -2.14. The number of aliphatic hydroxyl groups excluding tert-OH is 1. The number of aliphatic hydroxyl groups is 1. The molecule has 1 aromatic rings. The zero-order valence-corrected chi connectivity index (χ0v) is 7.71. The third-order valence-electron chi connectivity index (χ3n) is 2.79. The van der Waals surface area contributed by atoms with Gasteiger partial charge < -0.3 is 5.11 Å². The zero-order chi connectivity index (χ0) is 10.1. The van der Waals surface area contributed by atoms with E-state index in [9.17, 15) is 13.9 Å². The standard InChI is InChI=1S/C11H12F2O/c12-8-4-7(5-9(13)6-8)10-2-1-3-11(10)14/h4-6,10-11,14H,1-3H2/t10-,11+/m0/s1. The predicted molar refractivity (Wildman–Crippen MR) is 49.0 cm³/mol. The van der Waals surface area contributed by atoms with Crippen LogP contribution < -0.4 is 0 Å². The number of hydrogen-bond donors (Lipinski definition) is 1. The number of rotatable bonds is 1. The Morgan fingerprint density at radius 3 is 2.21 bits per heavy atom. The van der Waals surface area contributed by atoms with Crippen molar-refractivity contribution in [1.29, 1.82) is 0 Å². The molecule has 0 unspecified atom stereocenters. The quantitative estimate of drug-likeness (QED) is 0.735. The second-order valence-corrected chi connectivity index (χ2v) is 3.81. The Balaban J connectivity index is 2.31. The molecule has 14 heavy (non-hydrogen) atoms. The molecule has 2 atom stereocenters. The van der Waals surface area contributed by atoms with E-state index < -0.39 is 17.7 Å². The van der Waals surface area contributed by atoms with Gasteiger partial charge in [-0.2, -0.15) is 0 Å². The second kappa shape index (κ2) is 3.65. The first-order valence-electron chi connectivity index (χ1n) is 4.81. The molecule has 0 amide bonds. The monoisotopic (exact) mass is 198 g/mol. The van der Waals surface area contributed by atoms with Gasteiger partial charge in [-0.1, -0.05) is 6.42 Å². The summed E-state index contributed by atoms with van der Waals surface area (Å²) in [4.78, 5) is 0. The first-order valence-corrected chi connectivity index (χ1v) is 4.81. The summed E-state index contributed by atoms with van der Waals surface area (Å²) in [6, 6.07) is 3.47. The highest BCUT2D eigenvalue weighted by atomic mass is 19.1. The van der Waals surface area contributed by atoms with E-state index in [0.29, 0.717) is 5.56 Å². The Kier molecular flexibility index (Phi) is 2.50. The highest BCUT2D eigenvalue weighted by molar-refractivity contribution is 5.23. The fourth-order valence-corrected chi connectivity index (χ4v) is 2.12. The minimum absolute atomic E-state index is 0.0970. The van der Waals surface area contributed by atoms with Gasteiger partial charge in [0.1, 0.15) is 11.6 Å². The minimum atomic E-state index is -0.570. The zero-order valence-electron chi connectivity index (χ0n) is 7.71. The first kappa shape index (κ1) is 9.59. The third-order valence-corrected chi connectivity index (χ3v) is 2.79. The van der Waals surface area contributed by atoms with Gasteiger partial charge in [-0.05, 0) is 30.5 Å². The smallest absolute Gasteiger partial charge is 0.126 e. The van der Waals surface area contributed by atoms with Crippen molar-refractivity contribution in [3.05, 3.63) is 35.4 Å². The van der Waals surface area contributed by atoms with Crippen molar-refractivity contribution in [3.63, 3.8) is 0 Å². The van der Waals surface area contributed by atoms with Crippen LogP contribution in [0.1, 0.15) is 30.7 Å². The van der Waals surface area contributed by atoms with Crippen molar-refractivity contribution in [2.45, 2.75) is 31.3 Å². The summed E-state index contributed by atoms with van der Waals surface area (Å²) in [6.07, 6.45) is 2.01. The minimum Gasteiger partial charge on any atom is -0.392 e. The van der Waals surface area contributed by atoms with Crippen LogP contribution in [0.3, 0.4) is 0 Å². The Morgan fingerprint density at radius 2 is 1.71 bits per heavy atom. The third kappa shape index (κ3) is 1.77. The average Bonchev–Trinajstić information content (AvgIpc) is 2.49. The summed E-state index contributed by atoms with van der Waals surface area (Å²) in [6.45, 7) is 0. The van der Waals surface area contributed by atoms with Gasteiger partial charge in [0.15, 0.2) is 0 Å². The number of hydrogen-bond acceptors (Lipinski definition) is 1. The summed E-state index contributed by atoms with van der Waals surface area (Å²) in [5.74, 6) is -1.24. The summed E-state index contributed by atoms with van der Waals surface area (Å²) >= 11 is 0. The van der Waals surface area contributed by atoms with E-state index in [0.717, 1.165) is 25.3 Å². The maximum atomic E-state index is 12.9. The molecular formula is C11H12F2O. The molecule has 0 heterocycles. The van der Waals surface area contributed by atoms with Crippen LogP contribution >= 0.6 is 0 Å². The normalized spacial score (nSPS) is 26.8. The van der Waals surface area contributed by atoms with Crippen molar-refractivity contribution < 1.29 is 13.9 Å². The van der Waals surface area contributed by atoms with E-state index in [1.54, 1.807) is 0 Å². The first-order chi connectivity index (χ1) is 6.66. The highest BCUT2D eigenvalue weighted by Gasteiger charge is 2.27. The molecule has 3 heteroatoms. The Morgan fingerprint density at radius 1 is 1.07 bits per heavy atom. The second-order valence-electron chi connectivity index (χ2n) is 3.81. The van der Waals surface area contributed by atoms with Crippen LogP contribution in [-0.4, -0.2) is 11.2 Å². The topological polar surface area (TPSA) is 20.2 Å². The highest BCUT2D eigenvalue weighted by Crippen LogP contribution is 2.34. The Labute approximate surface area is 81.4 Å². The molecule has 1 aromatic carbocycles. The lowest BCUT2D eigenvalue weighted by Crippen LogP contribution is -2.11. The average molecular weight is 198 g/mol. The van der Waals surface area contributed by atoms with E-state index in [2.05, 4.69) is 0 Å². The lowest BCUT2D eigenvalue weighted by atomic mass is 9.96. The molecular weight excluding hydrogens is 186 g/mol. The van der Waals surface area contributed by atoms with Gasteiger partial charge >= 0.3 is 0 Å². The molecule has 0 spiro atoms. The SMILES string of the molecule is O[C@@H]1CCC[C@H]1c1cc(F)cc(F)c1. The maximum Gasteiger partial charge on any atom is 0.126 e. The van der Waals surface area contributed by atoms with Crippen LogP contribution in [-0.2, 0) is 0 Å². The summed E-state index contributed by atoms with van der Waals surface area (Å²) in [5, 5.41) is 9.58. The summed E-state index contributed by atoms with van der Waals surface area (Å²) < 4.78 is 25.8. The fourth-order valence-electron chi connectivity index (χ4n) is 2.12. The van der Waals surface area contributed by atoms with E-state index in [1.807, 2.05) is 0 Å². The number of benzene rings is 1. The van der Waals surface area contributed by atoms with Gasteiger partial charge in [-0.15, -0.1) is 0 Å². The summed E-state index contributed by atoms with van der Waals surface area (Å²) in [5.41, 5.74) is 0.576. The fraction of sp³-hybridized carbons (Fsp3) is 0.455. The Hall–Kier alpha value is -0.960. The van der Waals surface area contributed by atoms with Crippen LogP contribution in [0.2, 0.25) is 0 Å². The molecule has 1 nitrogen and oxygen atoms in total. The van der Waals surface area contributed by atoms with Crippen molar-refractivity contribution in [2.75, 3.05) is 0 Å². The van der Waals surface area contributed by atoms with Crippen LogP contribution in [0.4, 0.5) is 8.78 Å². The van der Waals surface area contributed by atoms with E-state index >= 15 is 0 Å². The van der Waals surface area contributed by atoms with Crippen LogP contribution in [0.5, 0.6) is 0 Å². The molecule has 0 bridgehead atoms. The van der Waals surface area contributed by atoms with Crippen LogP contribution in [0.25, 0.3) is 0 Å². The lowest BCUT2D eigenvalue weighted by molar-refractivity contribution is 0.163.